The number of sulfonamides is 1. The predicted octanol–water partition coefficient (Wildman–Crippen LogP) is 7.33. The highest BCUT2D eigenvalue weighted by atomic mass is 32.2. The van der Waals surface area contributed by atoms with Gasteiger partial charge in [-0.15, -0.1) is 11.3 Å². The number of nitrogens with one attached hydrogen (secondary N) is 2. The van der Waals surface area contributed by atoms with Crippen molar-refractivity contribution in [3.05, 3.63) is 77.6 Å². The Morgan fingerprint density at radius 1 is 1.06 bits per heavy atom. The molecule has 14 heteroatoms. The summed E-state index contributed by atoms with van der Waals surface area (Å²) in [5, 5.41) is 4.18. The molecule has 1 aliphatic heterocycles. The number of rotatable bonds is 13. The van der Waals surface area contributed by atoms with E-state index in [0.29, 0.717) is 28.8 Å². The lowest BCUT2D eigenvalue weighted by molar-refractivity contribution is 0.273. The van der Waals surface area contributed by atoms with E-state index in [1.807, 2.05) is 23.9 Å². The van der Waals surface area contributed by atoms with Crippen molar-refractivity contribution in [2.75, 3.05) is 66.8 Å². The van der Waals surface area contributed by atoms with Gasteiger partial charge in [-0.1, -0.05) is 26.0 Å². The number of hydrogen-bond donors (Lipinski definition) is 2. The van der Waals surface area contributed by atoms with Crippen molar-refractivity contribution in [3.63, 3.8) is 0 Å². The molecule has 49 heavy (non-hydrogen) atoms. The van der Waals surface area contributed by atoms with Crippen molar-refractivity contribution in [2.24, 2.45) is 0 Å². The molecule has 6 rings (SSSR count). The van der Waals surface area contributed by atoms with E-state index in [2.05, 4.69) is 64.0 Å². The first-order valence-corrected chi connectivity index (χ1v) is 19.8. The average molecular weight is 720 g/mol. The number of anilines is 4. The fraction of sp³-hybridized carbons (Fsp3) is 0.343. The van der Waals surface area contributed by atoms with Crippen LogP contribution in [0.2, 0.25) is 0 Å². The van der Waals surface area contributed by atoms with Crippen LogP contribution in [0.5, 0.6) is 5.75 Å². The number of ether oxygens (including phenoxy) is 1. The molecular weight excluding hydrogens is 679 g/mol. The second-order valence-corrected chi connectivity index (χ2v) is 15.7. The number of furan rings is 1. The first kappa shape index (κ1) is 34.7. The van der Waals surface area contributed by atoms with E-state index >= 15 is 0 Å². The minimum atomic E-state index is -3.88. The molecule has 5 aromatic rings. The molecule has 258 valence electrons. The first-order chi connectivity index (χ1) is 23.6. The standard InChI is InChI=1S/C35H41N7O4S3/c1-23(2)34-39-32(25-8-6-9-26(21-25)40-49(43,44)31-10-7-18-46-31)33(48-34)27-11-12-36-35(37-27)38-28-20-24(3)29(22-30(28)45-4)42-15-13-41(14-16-42)17-19-47-5/h6-12,18,20-23,40H,13-17,19H2,1-5H3,(H,36,37,38). The quantitative estimate of drug-likeness (QED) is 0.127. The number of aryl methyl sites for hydroxylation is 1. The highest BCUT2D eigenvalue weighted by molar-refractivity contribution is 7.98. The molecule has 4 heterocycles. The lowest BCUT2D eigenvalue weighted by Gasteiger charge is -2.37. The van der Waals surface area contributed by atoms with Crippen molar-refractivity contribution in [1.82, 2.24) is 19.9 Å². The minimum Gasteiger partial charge on any atom is -0.494 e. The van der Waals surface area contributed by atoms with Gasteiger partial charge in [0.2, 0.25) is 11.0 Å². The van der Waals surface area contributed by atoms with Crippen LogP contribution < -0.4 is 19.7 Å². The number of piperazine rings is 1. The fourth-order valence-corrected chi connectivity index (χ4v) is 8.17. The maximum Gasteiger partial charge on any atom is 0.295 e. The van der Waals surface area contributed by atoms with E-state index in [-0.39, 0.29) is 11.0 Å². The SMILES string of the molecule is COc1cc(N2CCN(CCSC)CC2)c(C)cc1Nc1nccc(-c2sc(C(C)C)nc2-c2cccc(NS(=O)(=O)c3ccco3)c2)n1. The summed E-state index contributed by atoms with van der Waals surface area (Å²) in [6.07, 6.45) is 5.21. The molecule has 0 atom stereocenters. The molecule has 0 unspecified atom stereocenters. The van der Waals surface area contributed by atoms with Crippen molar-refractivity contribution in [3.8, 4) is 27.6 Å². The largest absolute Gasteiger partial charge is 0.494 e. The number of aromatic nitrogens is 3. The van der Waals surface area contributed by atoms with Gasteiger partial charge in [-0.3, -0.25) is 9.62 Å². The Kier molecular flexibility index (Phi) is 10.8. The highest BCUT2D eigenvalue weighted by Crippen LogP contribution is 2.40. The summed E-state index contributed by atoms with van der Waals surface area (Å²) < 4.78 is 39.2. The summed E-state index contributed by atoms with van der Waals surface area (Å²) in [4.78, 5) is 20.3. The third-order valence-electron chi connectivity index (χ3n) is 8.26. The number of thioether (sulfide) groups is 1. The normalized spacial score (nSPS) is 14.0. The maximum absolute atomic E-state index is 12.8. The highest BCUT2D eigenvalue weighted by Gasteiger charge is 2.23. The van der Waals surface area contributed by atoms with Crippen molar-refractivity contribution in [1.29, 1.82) is 0 Å². The second-order valence-electron chi connectivity index (χ2n) is 12.1. The number of benzene rings is 2. The summed E-state index contributed by atoms with van der Waals surface area (Å²) in [6, 6.07) is 16.2. The molecule has 0 radical (unpaired) electrons. The zero-order chi connectivity index (χ0) is 34.5. The van der Waals surface area contributed by atoms with Crippen molar-refractivity contribution < 1.29 is 17.6 Å². The Labute approximate surface area is 296 Å². The lowest BCUT2D eigenvalue weighted by Crippen LogP contribution is -2.47. The number of hydrogen-bond acceptors (Lipinski definition) is 12. The summed E-state index contributed by atoms with van der Waals surface area (Å²) in [5.41, 5.74) is 5.66. The Morgan fingerprint density at radius 3 is 2.59 bits per heavy atom. The van der Waals surface area contributed by atoms with Crippen LogP contribution >= 0.6 is 23.1 Å². The molecule has 2 N–H and O–H groups in total. The van der Waals surface area contributed by atoms with Crippen LogP contribution in [0.1, 0.15) is 30.3 Å². The van der Waals surface area contributed by atoms with Gasteiger partial charge >= 0.3 is 0 Å². The van der Waals surface area contributed by atoms with Crippen LogP contribution in [0.4, 0.5) is 23.0 Å². The summed E-state index contributed by atoms with van der Waals surface area (Å²) in [5.74, 6) is 2.48. The van der Waals surface area contributed by atoms with Gasteiger partial charge in [0.15, 0.2) is 0 Å². The van der Waals surface area contributed by atoms with Gasteiger partial charge in [0, 0.05) is 73.6 Å². The average Bonchev–Trinajstić information content (AvgIpc) is 3.80. The molecule has 0 saturated carbocycles. The maximum atomic E-state index is 12.8. The Bertz CT molecular complexity index is 1990. The molecule has 0 aliphatic carbocycles. The fourth-order valence-electron chi connectivity index (χ4n) is 5.69. The van der Waals surface area contributed by atoms with Crippen LogP contribution in [0, 0.1) is 6.92 Å². The molecule has 1 fully saturated rings. The van der Waals surface area contributed by atoms with E-state index in [1.54, 1.807) is 42.8 Å². The third-order valence-corrected chi connectivity index (χ3v) is 11.5. The predicted molar refractivity (Wildman–Crippen MR) is 200 cm³/mol. The van der Waals surface area contributed by atoms with Gasteiger partial charge in [0.25, 0.3) is 10.0 Å². The van der Waals surface area contributed by atoms with Gasteiger partial charge in [0.1, 0.15) is 5.75 Å². The molecule has 3 aromatic heterocycles. The van der Waals surface area contributed by atoms with E-state index in [9.17, 15) is 8.42 Å². The van der Waals surface area contributed by atoms with Gasteiger partial charge in [-0.25, -0.2) is 15.0 Å². The number of thiazole rings is 1. The second kappa shape index (κ2) is 15.2. The van der Waals surface area contributed by atoms with Crippen molar-refractivity contribution in [2.45, 2.75) is 31.8 Å². The lowest BCUT2D eigenvalue weighted by atomic mass is 10.1. The van der Waals surface area contributed by atoms with Crippen LogP contribution in [0.3, 0.4) is 0 Å². The molecule has 1 saturated heterocycles. The topological polar surface area (TPSA) is 126 Å². The summed E-state index contributed by atoms with van der Waals surface area (Å²) in [6.45, 7) is 11.5. The van der Waals surface area contributed by atoms with Gasteiger partial charge in [0.05, 0.1) is 40.3 Å². The van der Waals surface area contributed by atoms with Gasteiger partial charge in [-0.2, -0.15) is 20.2 Å². The Morgan fingerprint density at radius 2 is 1.88 bits per heavy atom. The molecular formula is C35H41N7O4S3. The zero-order valence-corrected chi connectivity index (χ0v) is 30.7. The molecule has 0 amide bonds. The Balaban J connectivity index is 1.26. The van der Waals surface area contributed by atoms with Crippen LogP contribution in [0.25, 0.3) is 21.8 Å². The number of methoxy groups -OCH3 is 1. The molecule has 0 spiro atoms. The molecule has 11 nitrogen and oxygen atoms in total. The van der Waals surface area contributed by atoms with Crippen LogP contribution in [-0.4, -0.2) is 80.1 Å². The van der Waals surface area contributed by atoms with E-state index in [1.165, 1.54) is 24.1 Å². The summed E-state index contributed by atoms with van der Waals surface area (Å²) in [7, 11) is -2.20. The van der Waals surface area contributed by atoms with Crippen LogP contribution in [0.15, 0.2) is 76.6 Å². The molecule has 2 aromatic carbocycles. The molecule has 1 aliphatic rings. The van der Waals surface area contributed by atoms with E-state index in [4.69, 9.17) is 19.1 Å². The van der Waals surface area contributed by atoms with Crippen molar-refractivity contribution >= 4 is 56.1 Å². The van der Waals surface area contributed by atoms with Gasteiger partial charge in [-0.05, 0) is 55.1 Å². The first-order valence-electron chi connectivity index (χ1n) is 16.1. The zero-order valence-electron chi connectivity index (χ0n) is 28.3. The minimum absolute atomic E-state index is 0.156. The third kappa shape index (κ3) is 8.04. The van der Waals surface area contributed by atoms with E-state index in [0.717, 1.165) is 65.2 Å². The van der Waals surface area contributed by atoms with Gasteiger partial charge < -0.3 is 19.4 Å². The smallest absolute Gasteiger partial charge is 0.295 e. The monoisotopic (exact) mass is 719 g/mol. The molecule has 0 bridgehead atoms. The summed E-state index contributed by atoms with van der Waals surface area (Å²) >= 11 is 3.45. The van der Waals surface area contributed by atoms with E-state index < -0.39 is 10.0 Å². The van der Waals surface area contributed by atoms with Crippen LogP contribution in [-0.2, 0) is 10.0 Å². The number of nitrogens with zero attached hydrogens (tertiary/aromatic N) is 5. The Hall–Kier alpha value is -4.11.